The minimum absolute atomic E-state index is 0.0784. The molecule has 8 heteroatoms. The molecule has 1 amide bonds. The van der Waals surface area contributed by atoms with Crippen LogP contribution in [-0.2, 0) is 11.3 Å². The molecular weight excluding hydrogens is 366 g/mol. The molecule has 124 valence electrons. The second-order valence-corrected chi connectivity index (χ2v) is 7.28. The van der Waals surface area contributed by atoms with Crippen LogP contribution in [0, 0.1) is 6.92 Å². The van der Waals surface area contributed by atoms with E-state index in [2.05, 4.69) is 15.5 Å². The van der Waals surface area contributed by atoms with E-state index in [-0.39, 0.29) is 11.7 Å². The number of aromatic nitrogens is 2. The molecule has 1 aromatic carbocycles. The van der Waals surface area contributed by atoms with Crippen LogP contribution in [0.3, 0.4) is 0 Å². The van der Waals surface area contributed by atoms with Crippen LogP contribution in [0.1, 0.15) is 10.4 Å². The van der Waals surface area contributed by atoms with Crippen LogP contribution >= 0.6 is 34.7 Å². The topological polar surface area (TPSA) is 68.0 Å². The molecule has 0 unspecified atom stereocenters. The number of thiophene rings is 1. The summed E-state index contributed by atoms with van der Waals surface area (Å²) in [6, 6.07) is 9.28. The number of hydrogen-bond donors (Lipinski definition) is 1. The predicted octanol–water partition coefficient (Wildman–Crippen LogP) is 4.17. The van der Waals surface area contributed by atoms with Crippen molar-refractivity contribution in [2.24, 2.45) is 0 Å². The average Bonchev–Trinajstić information content (AvgIpc) is 3.20. The number of aryl methyl sites for hydroxylation is 1. The van der Waals surface area contributed by atoms with E-state index in [0.717, 1.165) is 4.88 Å². The molecule has 0 spiro atoms. The summed E-state index contributed by atoms with van der Waals surface area (Å²) in [6.45, 7) is 2.57. The van der Waals surface area contributed by atoms with Crippen LogP contribution in [0.4, 0.5) is 0 Å². The van der Waals surface area contributed by atoms with E-state index in [9.17, 15) is 4.79 Å². The summed E-state index contributed by atoms with van der Waals surface area (Å²) in [7, 11) is 0. The molecule has 0 saturated carbocycles. The molecule has 1 N–H and O–H groups in total. The third-order valence-electron chi connectivity index (χ3n) is 3.25. The van der Waals surface area contributed by atoms with Crippen molar-refractivity contribution in [3.63, 3.8) is 0 Å². The highest BCUT2D eigenvalue weighted by Gasteiger charge is 2.13. The zero-order chi connectivity index (χ0) is 16.9. The Morgan fingerprint density at radius 2 is 2.17 bits per heavy atom. The van der Waals surface area contributed by atoms with Gasteiger partial charge in [0.2, 0.25) is 11.8 Å². The summed E-state index contributed by atoms with van der Waals surface area (Å²) >= 11 is 8.93. The molecule has 24 heavy (non-hydrogen) atoms. The summed E-state index contributed by atoms with van der Waals surface area (Å²) in [5.74, 6) is 0.484. The Bertz CT molecular complexity index is 847. The molecule has 3 aromatic rings. The molecule has 3 rings (SSSR count). The van der Waals surface area contributed by atoms with Crippen LogP contribution in [0.25, 0.3) is 11.5 Å². The maximum absolute atomic E-state index is 11.9. The van der Waals surface area contributed by atoms with Gasteiger partial charge in [-0.15, -0.1) is 21.5 Å². The smallest absolute Gasteiger partial charge is 0.277 e. The zero-order valence-electron chi connectivity index (χ0n) is 12.8. The van der Waals surface area contributed by atoms with Crippen LogP contribution in [-0.4, -0.2) is 21.9 Å². The van der Waals surface area contributed by atoms with Crippen LogP contribution in [0.15, 0.2) is 45.4 Å². The lowest BCUT2D eigenvalue weighted by Crippen LogP contribution is -2.24. The first-order valence-electron chi connectivity index (χ1n) is 7.14. The van der Waals surface area contributed by atoms with Gasteiger partial charge in [0, 0.05) is 4.88 Å². The van der Waals surface area contributed by atoms with Gasteiger partial charge >= 0.3 is 0 Å². The largest absolute Gasteiger partial charge is 0.411 e. The molecule has 2 aromatic heterocycles. The highest BCUT2D eigenvalue weighted by atomic mass is 35.5. The molecule has 0 fully saturated rings. The summed E-state index contributed by atoms with van der Waals surface area (Å²) in [4.78, 5) is 13.1. The standard InChI is InChI=1S/C16H14ClN3O2S2/c1-10-6-7-23-13(10)8-18-14(21)9-24-16-20-19-15(22-16)11-4-2-3-5-12(11)17/h2-7H,8-9H2,1H3,(H,18,21). The summed E-state index contributed by atoms with van der Waals surface area (Å²) in [5, 5.41) is 13.7. The number of nitrogens with one attached hydrogen (secondary N) is 1. The number of carbonyl (C=O) groups is 1. The summed E-state index contributed by atoms with van der Waals surface area (Å²) in [5.41, 5.74) is 1.87. The minimum Gasteiger partial charge on any atom is -0.411 e. The van der Waals surface area contributed by atoms with E-state index in [1.165, 1.54) is 17.3 Å². The van der Waals surface area contributed by atoms with Gasteiger partial charge in [0.15, 0.2) is 0 Å². The van der Waals surface area contributed by atoms with Gasteiger partial charge in [-0.05, 0) is 36.1 Å². The van der Waals surface area contributed by atoms with Gasteiger partial charge in [0.05, 0.1) is 22.9 Å². The SMILES string of the molecule is Cc1ccsc1CNC(=O)CSc1nnc(-c2ccccc2Cl)o1. The fourth-order valence-corrected chi connectivity index (χ4v) is 3.61. The maximum atomic E-state index is 11.9. The molecule has 0 aliphatic carbocycles. The number of halogens is 1. The quantitative estimate of drug-likeness (QED) is 0.651. The molecule has 0 saturated heterocycles. The van der Waals surface area contributed by atoms with Gasteiger partial charge in [-0.3, -0.25) is 4.79 Å². The highest BCUT2D eigenvalue weighted by Crippen LogP contribution is 2.28. The van der Waals surface area contributed by atoms with Gasteiger partial charge in [-0.25, -0.2) is 0 Å². The van der Waals surface area contributed by atoms with E-state index >= 15 is 0 Å². The van der Waals surface area contributed by atoms with Crippen LogP contribution in [0.2, 0.25) is 5.02 Å². The number of hydrogen-bond acceptors (Lipinski definition) is 6. The van der Waals surface area contributed by atoms with Crippen molar-refractivity contribution >= 4 is 40.6 Å². The fourth-order valence-electron chi connectivity index (χ4n) is 1.95. The zero-order valence-corrected chi connectivity index (χ0v) is 15.2. The van der Waals surface area contributed by atoms with Crippen molar-refractivity contribution in [2.45, 2.75) is 18.7 Å². The van der Waals surface area contributed by atoms with Gasteiger partial charge in [0.25, 0.3) is 5.22 Å². The molecule has 0 atom stereocenters. The van der Waals surface area contributed by atoms with Crippen molar-refractivity contribution in [3.05, 3.63) is 51.2 Å². The maximum Gasteiger partial charge on any atom is 0.277 e. The van der Waals surface area contributed by atoms with Gasteiger partial charge in [-0.1, -0.05) is 35.5 Å². The lowest BCUT2D eigenvalue weighted by atomic mass is 10.2. The van der Waals surface area contributed by atoms with Crippen LogP contribution < -0.4 is 5.32 Å². The third-order valence-corrected chi connectivity index (χ3v) is 5.42. The molecule has 5 nitrogen and oxygen atoms in total. The second-order valence-electron chi connectivity index (χ2n) is 4.95. The predicted molar refractivity (Wildman–Crippen MR) is 96.4 cm³/mol. The first kappa shape index (κ1) is 17.0. The number of thioether (sulfide) groups is 1. The molecule has 0 aliphatic heterocycles. The van der Waals surface area contributed by atoms with E-state index < -0.39 is 0 Å². The number of rotatable bonds is 6. The van der Waals surface area contributed by atoms with Crippen LogP contribution in [0.5, 0.6) is 0 Å². The first-order chi connectivity index (χ1) is 11.6. The number of amides is 1. The van der Waals surface area contributed by atoms with E-state index in [0.29, 0.717) is 28.2 Å². The Morgan fingerprint density at radius 1 is 1.33 bits per heavy atom. The van der Waals surface area contributed by atoms with Crippen molar-refractivity contribution in [2.75, 3.05) is 5.75 Å². The normalized spacial score (nSPS) is 10.8. The van der Waals surface area contributed by atoms with Gasteiger partial charge in [0.1, 0.15) is 0 Å². The Labute approximate surface area is 152 Å². The summed E-state index contributed by atoms with van der Waals surface area (Å²) < 4.78 is 5.55. The Morgan fingerprint density at radius 3 is 2.92 bits per heavy atom. The summed E-state index contributed by atoms with van der Waals surface area (Å²) in [6.07, 6.45) is 0. The molecule has 0 aliphatic rings. The molecule has 0 bridgehead atoms. The highest BCUT2D eigenvalue weighted by molar-refractivity contribution is 7.99. The van der Waals surface area contributed by atoms with E-state index in [1.807, 2.05) is 30.5 Å². The van der Waals surface area contributed by atoms with E-state index in [4.69, 9.17) is 16.0 Å². The van der Waals surface area contributed by atoms with E-state index in [1.54, 1.807) is 23.5 Å². The molecular formula is C16H14ClN3O2S2. The number of benzene rings is 1. The second kappa shape index (κ2) is 7.83. The lowest BCUT2D eigenvalue weighted by molar-refractivity contribution is -0.118. The fraction of sp³-hybridized carbons (Fsp3) is 0.188. The van der Waals surface area contributed by atoms with Crippen molar-refractivity contribution < 1.29 is 9.21 Å². The van der Waals surface area contributed by atoms with Crippen molar-refractivity contribution in [1.29, 1.82) is 0 Å². The molecule has 2 heterocycles. The van der Waals surface area contributed by atoms with Crippen molar-refractivity contribution in [3.8, 4) is 11.5 Å². The van der Waals surface area contributed by atoms with Gasteiger partial charge in [-0.2, -0.15) is 0 Å². The number of carbonyl (C=O) groups excluding carboxylic acids is 1. The van der Waals surface area contributed by atoms with Crippen molar-refractivity contribution in [1.82, 2.24) is 15.5 Å². The lowest BCUT2D eigenvalue weighted by Gasteiger charge is -2.03. The number of nitrogens with zero attached hydrogens (tertiary/aromatic N) is 2. The minimum atomic E-state index is -0.0784. The Kier molecular flexibility index (Phi) is 5.55. The average molecular weight is 380 g/mol. The first-order valence-corrected chi connectivity index (χ1v) is 9.38. The molecule has 0 radical (unpaired) electrons. The third kappa shape index (κ3) is 4.17. The van der Waals surface area contributed by atoms with Gasteiger partial charge < -0.3 is 9.73 Å². The monoisotopic (exact) mass is 379 g/mol. The Hall–Kier alpha value is -1.83. The Balaban J connectivity index is 1.53.